The van der Waals surface area contributed by atoms with E-state index in [0.717, 1.165) is 6.54 Å². The highest BCUT2D eigenvalue weighted by atomic mass is 16.5. The number of aromatic amines is 1. The van der Waals surface area contributed by atoms with Gasteiger partial charge in [-0.3, -0.25) is 14.6 Å². The van der Waals surface area contributed by atoms with E-state index in [-0.39, 0.29) is 17.5 Å². The van der Waals surface area contributed by atoms with Crippen LogP contribution in [0.2, 0.25) is 0 Å². The summed E-state index contributed by atoms with van der Waals surface area (Å²) in [6, 6.07) is 1.75. The number of rotatable bonds is 7. The van der Waals surface area contributed by atoms with Crippen LogP contribution in [0.4, 0.5) is 5.69 Å². The van der Waals surface area contributed by atoms with E-state index in [1.165, 1.54) is 13.3 Å². The molecule has 0 spiro atoms. The molecule has 2 N–H and O–H groups in total. The Morgan fingerprint density at radius 3 is 2.93 bits per heavy atom. The molecule has 2 aromatic rings. The van der Waals surface area contributed by atoms with Crippen LogP contribution in [0.5, 0.6) is 5.88 Å². The second kappa shape index (κ2) is 8.66. The van der Waals surface area contributed by atoms with Crippen molar-refractivity contribution in [3.8, 4) is 17.1 Å². The van der Waals surface area contributed by atoms with Crippen LogP contribution in [0, 0.1) is 0 Å². The molecule has 0 aliphatic carbocycles. The zero-order valence-electron chi connectivity index (χ0n) is 16.2. The molecule has 2 aromatic heterocycles. The SMILES string of the molecule is COc1cncc(-c2c[nH]c(=O)c(NC3CN(C(=O)C=CCN(C)C)C3)c2)n1. The average Bonchev–Trinajstić information content (AvgIpc) is 2.65. The fraction of sp³-hybridized carbons (Fsp3) is 0.368. The number of pyridine rings is 1. The van der Waals surface area contributed by atoms with Crippen LogP contribution in [0.15, 0.2) is 41.6 Å². The molecule has 0 radical (unpaired) electrons. The maximum Gasteiger partial charge on any atom is 0.271 e. The van der Waals surface area contributed by atoms with Crippen molar-refractivity contribution in [1.82, 2.24) is 24.8 Å². The third-order valence-corrected chi connectivity index (χ3v) is 4.30. The molecule has 0 bridgehead atoms. The Morgan fingerprint density at radius 1 is 1.43 bits per heavy atom. The monoisotopic (exact) mass is 384 g/mol. The van der Waals surface area contributed by atoms with Gasteiger partial charge in [0.1, 0.15) is 5.69 Å². The van der Waals surface area contributed by atoms with E-state index in [4.69, 9.17) is 4.74 Å². The van der Waals surface area contributed by atoms with Crippen molar-refractivity contribution < 1.29 is 9.53 Å². The summed E-state index contributed by atoms with van der Waals surface area (Å²) in [6.45, 7) is 1.82. The molecule has 28 heavy (non-hydrogen) atoms. The fourth-order valence-electron chi connectivity index (χ4n) is 2.76. The van der Waals surface area contributed by atoms with Crippen LogP contribution in [0.1, 0.15) is 0 Å². The summed E-state index contributed by atoms with van der Waals surface area (Å²) in [6.07, 6.45) is 8.13. The first-order chi connectivity index (χ1) is 13.5. The lowest BCUT2D eigenvalue weighted by molar-refractivity contribution is -0.129. The standard InChI is InChI=1S/C19H24N6O3/c1-24(2)6-4-5-18(26)25-11-14(12-25)22-15-7-13(8-21-19(15)27)16-9-20-10-17(23-16)28-3/h4-5,7-10,14,22H,6,11-12H2,1-3H3,(H,21,27). The highest BCUT2D eigenvalue weighted by molar-refractivity contribution is 5.88. The number of likely N-dealkylation sites (tertiary alicyclic amines) is 1. The summed E-state index contributed by atoms with van der Waals surface area (Å²) in [5, 5.41) is 3.20. The van der Waals surface area contributed by atoms with Gasteiger partial charge in [0.15, 0.2) is 0 Å². The molecule has 1 amide bonds. The van der Waals surface area contributed by atoms with E-state index in [1.54, 1.807) is 29.4 Å². The number of hydrogen-bond acceptors (Lipinski definition) is 7. The second-order valence-corrected chi connectivity index (χ2v) is 6.83. The maximum absolute atomic E-state index is 12.1. The quantitative estimate of drug-likeness (QED) is 0.673. The lowest BCUT2D eigenvalue weighted by Gasteiger charge is -2.39. The lowest BCUT2D eigenvalue weighted by Crippen LogP contribution is -2.57. The third-order valence-electron chi connectivity index (χ3n) is 4.30. The first-order valence-corrected chi connectivity index (χ1v) is 8.92. The fourth-order valence-corrected chi connectivity index (χ4v) is 2.76. The molecule has 1 saturated heterocycles. The van der Waals surface area contributed by atoms with Gasteiger partial charge >= 0.3 is 0 Å². The van der Waals surface area contributed by atoms with Crippen LogP contribution >= 0.6 is 0 Å². The number of H-pyrrole nitrogens is 1. The molecule has 0 saturated carbocycles. The number of nitrogens with one attached hydrogen (secondary N) is 2. The molecule has 1 fully saturated rings. The number of anilines is 1. The van der Waals surface area contributed by atoms with Crippen LogP contribution < -0.4 is 15.6 Å². The molecule has 1 aliphatic heterocycles. The number of likely N-dealkylation sites (N-methyl/N-ethyl adjacent to an activating group) is 1. The van der Waals surface area contributed by atoms with Gasteiger partial charge in [-0.1, -0.05) is 6.08 Å². The van der Waals surface area contributed by atoms with Gasteiger partial charge in [-0.05, 0) is 20.2 Å². The summed E-state index contributed by atoms with van der Waals surface area (Å²) < 4.78 is 5.09. The van der Waals surface area contributed by atoms with Crippen molar-refractivity contribution in [2.45, 2.75) is 6.04 Å². The Labute approximate surface area is 163 Å². The lowest BCUT2D eigenvalue weighted by atomic mass is 10.1. The van der Waals surface area contributed by atoms with E-state index in [0.29, 0.717) is 35.9 Å². The minimum atomic E-state index is -0.227. The Bertz CT molecular complexity index is 918. The van der Waals surface area contributed by atoms with Crippen LogP contribution in [-0.2, 0) is 4.79 Å². The van der Waals surface area contributed by atoms with Gasteiger partial charge in [0.05, 0.1) is 31.2 Å². The topological polar surface area (TPSA) is 103 Å². The largest absolute Gasteiger partial charge is 0.480 e. The van der Waals surface area contributed by atoms with Crippen LogP contribution in [0.3, 0.4) is 0 Å². The molecule has 0 atom stereocenters. The molecule has 3 heterocycles. The van der Waals surface area contributed by atoms with Crippen molar-refractivity contribution in [3.63, 3.8) is 0 Å². The summed E-state index contributed by atoms with van der Waals surface area (Å²) in [5.74, 6) is 0.378. The molecule has 3 rings (SSSR count). The Hall–Kier alpha value is -3.20. The van der Waals surface area contributed by atoms with Gasteiger partial charge in [0.2, 0.25) is 11.8 Å². The maximum atomic E-state index is 12.1. The van der Waals surface area contributed by atoms with Crippen molar-refractivity contribution >= 4 is 11.6 Å². The van der Waals surface area contributed by atoms with Gasteiger partial charge < -0.3 is 24.8 Å². The smallest absolute Gasteiger partial charge is 0.271 e. The summed E-state index contributed by atoms with van der Waals surface area (Å²) in [5.41, 5.74) is 1.51. The molecule has 9 nitrogen and oxygen atoms in total. The number of nitrogens with zero attached hydrogens (tertiary/aromatic N) is 4. The molecular weight excluding hydrogens is 360 g/mol. The summed E-state index contributed by atoms with van der Waals surface area (Å²) in [7, 11) is 5.41. The van der Waals surface area contributed by atoms with E-state index in [9.17, 15) is 9.59 Å². The Morgan fingerprint density at radius 2 is 2.21 bits per heavy atom. The van der Waals surface area contributed by atoms with E-state index in [1.807, 2.05) is 25.1 Å². The molecule has 1 aliphatic rings. The van der Waals surface area contributed by atoms with Gasteiger partial charge in [-0.25, -0.2) is 4.98 Å². The van der Waals surface area contributed by atoms with Crippen LogP contribution in [0.25, 0.3) is 11.3 Å². The van der Waals surface area contributed by atoms with Crippen molar-refractivity contribution in [1.29, 1.82) is 0 Å². The highest BCUT2D eigenvalue weighted by Gasteiger charge is 2.29. The highest BCUT2D eigenvalue weighted by Crippen LogP contribution is 2.20. The number of carbonyl (C=O) groups excluding carboxylic acids is 1. The number of aromatic nitrogens is 3. The van der Waals surface area contributed by atoms with Gasteiger partial charge in [0, 0.05) is 37.5 Å². The summed E-state index contributed by atoms with van der Waals surface area (Å²) >= 11 is 0. The van der Waals surface area contributed by atoms with E-state index >= 15 is 0 Å². The molecule has 9 heteroatoms. The zero-order chi connectivity index (χ0) is 20.1. The molecular formula is C19H24N6O3. The number of amides is 1. The van der Waals surface area contributed by atoms with Gasteiger partial charge in [-0.15, -0.1) is 0 Å². The minimum absolute atomic E-state index is 0.0192. The Balaban J connectivity index is 1.62. The molecule has 0 unspecified atom stereocenters. The first-order valence-electron chi connectivity index (χ1n) is 8.92. The number of hydrogen-bond donors (Lipinski definition) is 2. The zero-order valence-corrected chi connectivity index (χ0v) is 16.2. The van der Waals surface area contributed by atoms with E-state index in [2.05, 4.69) is 20.3 Å². The molecule has 148 valence electrons. The summed E-state index contributed by atoms with van der Waals surface area (Å²) in [4.78, 5) is 39.0. The number of ether oxygens (including phenoxy) is 1. The number of carbonyl (C=O) groups is 1. The Kier molecular flexibility index (Phi) is 6.05. The van der Waals surface area contributed by atoms with Crippen molar-refractivity contribution in [3.05, 3.63) is 47.2 Å². The average molecular weight is 384 g/mol. The van der Waals surface area contributed by atoms with Gasteiger partial charge in [0.25, 0.3) is 5.56 Å². The second-order valence-electron chi connectivity index (χ2n) is 6.83. The van der Waals surface area contributed by atoms with E-state index < -0.39 is 0 Å². The normalized spacial score (nSPS) is 14.4. The van der Waals surface area contributed by atoms with Crippen LogP contribution in [-0.4, -0.2) is 77.5 Å². The minimum Gasteiger partial charge on any atom is -0.480 e. The predicted octanol–water partition coefficient (Wildman–Crippen LogP) is 0.581. The van der Waals surface area contributed by atoms with Gasteiger partial charge in [-0.2, -0.15) is 0 Å². The third kappa shape index (κ3) is 4.74. The van der Waals surface area contributed by atoms with Crippen molar-refractivity contribution in [2.75, 3.05) is 46.2 Å². The first kappa shape index (κ1) is 19.6. The number of methoxy groups -OCH3 is 1. The van der Waals surface area contributed by atoms with Crippen molar-refractivity contribution in [2.24, 2.45) is 0 Å². The predicted molar refractivity (Wildman–Crippen MR) is 106 cm³/mol. The molecule has 0 aromatic carbocycles.